The van der Waals surface area contributed by atoms with Gasteiger partial charge in [0.25, 0.3) is 0 Å². The number of rotatable bonds is 5. The van der Waals surface area contributed by atoms with Gasteiger partial charge < -0.3 is 4.74 Å². The van der Waals surface area contributed by atoms with Crippen molar-refractivity contribution >= 4 is 9.84 Å². The van der Waals surface area contributed by atoms with Crippen molar-refractivity contribution < 1.29 is 26.3 Å². The van der Waals surface area contributed by atoms with Gasteiger partial charge in [-0.15, -0.1) is 5.10 Å². The van der Waals surface area contributed by atoms with Gasteiger partial charge in [-0.3, -0.25) is 0 Å². The highest BCUT2D eigenvalue weighted by atomic mass is 32.2. The number of aromatic nitrogens is 5. The molecule has 1 aliphatic heterocycles. The number of ether oxygens (including phenoxy) is 1. The summed E-state index contributed by atoms with van der Waals surface area (Å²) in [6.45, 7) is 0.269. The molecule has 8 nitrogen and oxygen atoms in total. The smallest absolute Gasteiger partial charge is 0.416 e. The van der Waals surface area contributed by atoms with Crippen LogP contribution in [0.2, 0.25) is 0 Å². The fraction of sp³-hybridized carbons (Fsp3) is 0.217. The lowest BCUT2D eigenvalue weighted by Crippen LogP contribution is -2.18. The maximum absolute atomic E-state index is 13.4. The lowest BCUT2D eigenvalue weighted by molar-refractivity contribution is -0.137. The van der Waals surface area contributed by atoms with Crippen LogP contribution >= 0.6 is 0 Å². The molecule has 0 spiro atoms. The zero-order valence-electron chi connectivity index (χ0n) is 18.1. The van der Waals surface area contributed by atoms with E-state index in [1.165, 1.54) is 53.9 Å². The molecule has 1 atom stereocenters. The van der Waals surface area contributed by atoms with E-state index in [9.17, 15) is 21.6 Å². The molecule has 180 valence electrons. The zero-order valence-corrected chi connectivity index (χ0v) is 18.9. The number of halogens is 3. The second-order valence-corrected chi connectivity index (χ2v) is 9.96. The standard InChI is InChI=1S/C23H18F3N5O3S/c24-23(25,26)15-1-3-19(21(11-15)31-9-8-29-30-31)18-6-10-34-22-12-17(2-4-20(18)22)35(32,33)13-16-5-7-27-14-28-16/h1-5,7-9,11-12,14,18H,6,10,13H2/t18-/m1/s1. The Morgan fingerprint density at radius 2 is 1.89 bits per heavy atom. The first-order valence-corrected chi connectivity index (χ1v) is 12.2. The first-order chi connectivity index (χ1) is 16.7. The molecule has 0 saturated carbocycles. The SMILES string of the molecule is O=S(=O)(Cc1ccncn1)c1ccc2c(c1)OCC[C@@H]2c1ccc(C(F)(F)F)cc1-n1ccnn1. The maximum atomic E-state index is 13.4. The topological polar surface area (TPSA) is 99.9 Å². The van der Waals surface area contributed by atoms with E-state index in [-0.39, 0.29) is 28.9 Å². The van der Waals surface area contributed by atoms with Gasteiger partial charge in [0.2, 0.25) is 0 Å². The minimum absolute atomic E-state index is 0.0689. The average molecular weight is 501 g/mol. The summed E-state index contributed by atoms with van der Waals surface area (Å²) < 4.78 is 73.1. The first kappa shape index (κ1) is 23.0. The molecular formula is C23H18F3N5O3S. The van der Waals surface area contributed by atoms with Crippen molar-refractivity contribution in [3.63, 3.8) is 0 Å². The van der Waals surface area contributed by atoms with Crippen LogP contribution in [0.5, 0.6) is 5.75 Å². The van der Waals surface area contributed by atoms with Crippen LogP contribution in [0.25, 0.3) is 5.69 Å². The summed E-state index contributed by atoms with van der Waals surface area (Å²) in [5, 5.41) is 7.61. The zero-order chi connectivity index (χ0) is 24.6. The molecule has 0 saturated heterocycles. The van der Waals surface area contributed by atoms with Gasteiger partial charge in [-0.25, -0.2) is 23.1 Å². The Bertz CT molecular complexity index is 1460. The van der Waals surface area contributed by atoms with Crippen LogP contribution in [-0.4, -0.2) is 40.0 Å². The van der Waals surface area contributed by atoms with Crippen LogP contribution in [0.1, 0.15) is 34.7 Å². The van der Waals surface area contributed by atoms with E-state index >= 15 is 0 Å². The molecule has 1 aliphatic rings. The number of hydrogen-bond acceptors (Lipinski definition) is 7. The summed E-state index contributed by atoms with van der Waals surface area (Å²) in [5.74, 6) is -0.263. The van der Waals surface area contributed by atoms with Gasteiger partial charge in [0, 0.05) is 17.7 Å². The maximum Gasteiger partial charge on any atom is 0.416 e. The van der Waals surface area contributed by atoms with Crippen LogP contribution in [0, 0.1) is 0 Å². The predicted octanol–water partition coefficient (Wildman–Crippen LogP) is 3.96. The Kier molecular flexibility index (Phi) is 5.75. The molecule has 35 heavy (non-hydrogen) atoms. The fourth-order valence-electron chi connectivity index (χ4n) is 4.12. The summed E-state index contributed by atoms with van der Waals surface area (Å²) in [6, 6.07) is 9.62. The van der Waals surface area contributed by atoms with E-state index in [2.05, 4.69) is 20.3 Å². The molecule has 2 aromatic heterocycles. The molecule has 5 rings (SSSR count). The molecule has 0 amide bonds. The van der Waals surface area contributed by atoms with Crippen molar-refractivity contribution in [3.8, 4) is 11.4 Å². The third-order valence-electron chi connectivity index (χ3n) is 5.77. The lowest BCUT2D eigenvalue weighted by Gasteiger charge is -2.28. The second-order valence-electron chi connectivity index (χ2n) is 7.97. The Balaban J connectivity index is 1.54. The lowest BCUT2D eigenvalue weighted by atomic mass is 9.85. The van der Waals surface area contributed by atoms with Gasteiger partial charge >= 0.3 is 6.18 Å². The average Bonchev–Trinajstić information content (AvgIpc) is 3.38. The Labute approximate surface area is 198 Å². The molecule has 0 bridgehead atoms. The highest BCUT2D eigenvalue weighted by Gasteiger charge is 2.33. The number of alkyl halides is 3. The monoisotopic (exact) mass is 501 g/mol. The summed E-state index contributed by atoms with van der Waals surface area (Å²) in [6.07, 6.45) is 1.58. The van der Waals surface area contributed by atoms with Crippen molar-refractivity contribution in [1.82, 2.24) is 25.0 Å². The van der Waals surface area contributed by atoms with E-state index in [4.69, 9.17) is 4.74 Å². The van der Waals surface area contributed by atoms with Crippen LogP contribution in [-0.2, 0) is 21.8 Å². The van der Waals surface area contributed by atoms with E-state index < -0.39 is 21.6 Å². The van der Waals surface area contributed by atoms with Crippen LogP contribution in [0.4, 0.5) is 13.2 Å². The normalized spacial score (nSPS) is 15.9. The van der Waals surface area contributed by atoms with E-state index in [1.807, 2.05) is 0 Å². The summed E-state index contributed by atoms with van der Waals surface area (Å²) in [5.41, 5.74) is 1.09. The molecular weight excluding hydrogens is 483 g/mol. The number of nitrogens with zero attached hydrogens (tertiary/aromatic N) is 5. The molecule has 12 heteroatoms. The Hall–Kier alpha value is -3.80. The minimum Gasteiger partial charge on any atom is -0.493 e. The van der Waals surface area contributed by atoms with Crippen molar-refractivity contribution in [3.05, 3.63) is 89.8 Å². The minimum atomic E-state index is -4.52. The highest BCUT2D eigenvalue weighted by molar-refractivity contribution is 7.90. The van der Waals surface area contributed by atoms with Gasteiger partial charge in [0.15, 0.2) is 9.84 Å². The second kappa shape index (κ2) is 8.77. The molecule has 0 radical (unpaired) electrons. The number of sulfone groups is 1. The van der Waals surface area contributed by atoms with E-state index in [0.29, 0.717) is 29.0 Å². The van der Waals surface area contributed by atoms with Gasteiger partial charge in [0.05, 0.1) is 46.6 Å². The van der Waals surface area contributed by atoms with Crippen molar-refractivity contribution in [2.24, 2.45) is 0 Å². The van der Waals surface area contributed by atoms with E-state index in [1.54, 1.807) is 6.07 Å². The molecule has 2 aromatic carbocycles. The number of hydrogen-bond donors (Lipinski definition) is 0. The van der Waals surface area contributed by atoms with Crippen molar-refractivity contribution in [2.45, 2.75) is 29.2 Å². The van der Waals surface area contributed by atoms with E-state index in [0.717, 1.165) is 12.1 Å². The molecule has 0 N–H and O–H groups in total. The molecule has 0 fully saturated rings. The molecule has 0 unspecified atom stereocenters. The van der Waals surface area contributed by atoms with Crippen molar-refractivity contribution in [1.29, 1.82) is 0 Å². The van der Waals surface area contributed by atoms with Gasteiger partial charge in [-0.2, -0.15) is 13.2 Å². The molecule has 0 aliphatic carbocycles. The predicted molar refractivity (Wildman–Crippen MR) is 118 cm³/mol. The third kappa shape index (κ3) is 4.61. The third-order valence-corrected chi connectivity index (χ3v) is 7.42. The van der Waals surface area contributed by atoms with Crippen LogP contribution in [0.15, 0.2) is 72.3 Å². The van der Waals surface area contributed by atoms with Gasteiger partial charge in [0.1, 0.15) is 12.1 Å². The number of fused-ring (bicyclic) bond motifs is 1. The summed E-state index contributed by atoms with van der Waals surface area (Å²) in [7, 11) is -3.71. The Morgan fingerprint density at radius 3 is 2.60 bits per heavy atom. The van der Waals surface area contributed by atoms with Gasteiger partial charge in [-0.1, -0.05) is 17.3 Å². The van der Waals surface area contributed by atoms with Crippen molar-refractivity contribution in [2.75, 3.05) is 6.61 Å². The molecule has 3 heterocycles. The quantitative estimate of drug-likeness (QED) is 0.408. The summed E-state index contributed by atoms with van der Waals surface area (Å²) in [4.78, 5) is 7.83. The highest BCUT2D eigenvalue weighted by Crippen LogP contribution is 2.42. The summed E-state index contributed by atoms with van der Waals surface area (Å²) >= 11 is 0. The largest absolute Gasteiger partial charge is 0.493 e. The number of benzene rings is 2. The van der Waals surface area contributed by atoms with Crippen LogP contribution in [0.3, 0.4) is 0 Å². The Morgan fingerprint density at radius 1 is 1.06 bits per heavy atom. The fourth-order valence-corrected chi connectivity index (χ4v) is 5.41. The van der Waals surface area contributed by atoms with Gasteiger partial charge in [-0.05, 0) is 42.3 Å². The first-order valence-electron chi connectivity index (χ1n) is 10.5. The molecule has 4 aromatic rings. The van der Waals surface area contributed by atoms with Crippen LogP contribution < -0.4 is 4.74 Å².